The van der Waals surface area contributed by atoms with Gasteiger partial charge in [-0.3, -0.25) is 4.79 Å². The van der Waals surface area contributed by atoms with Gasteiger partial charge < -0.3 is 44.5 Å². The molecule has 1 aliphatic rings. The molecule has 0 aliphatic carbocycles. The number of ether oxygens (including phenoxy) is 2. The Hall–Kier alpha value is -3.15. The van der Waals surface area contributed by atoms with Gasteiger partial charge >= 0.3 is 0 Å². The average molecular weight is 446 g/mol. The third kappa shape index (κ3) is 3.57. The summed E-state index contributed by atoms with van der Waals surface area (Å²) < 4.78 is 16.5. The fourth-order valence-corrected chi connectivity index (χ4v) is 3.83. The first-order chi connectivity index (χ1) is 15.3. The second-order valence-electron chi connectivity index (χ2n) is 7.49. The van der Waals surface area contributed by atoms with Gasteiger partial charge in [-0.05, 0) is 24.3 Å². The van der Waals surface area contributed by atoms with Gasteiger partial charge in [-0.15, -0.1) is 0 Å². The average Bonchev–Trinajstić information content (AvgIpc) is 2.78. The van der Waals surface area contributed by atoms with Crippen molar-refractivity contribution in [1.29, 1.82) is 0 Å². The van der Waals surface area contributed by atoms with E-state index in [-0.39, 0.29) is 22.3 Å². The molecule has 2 aromatic carbocycles. The van der Waals surface area contributed by atoms with Crippen molar-refractivity contribution in [2.75, 3.05) is 13.7 Å². The SMILES string of the molecule is COc1ccc(-c2cc(=O)c3c(O)cc(O)c(C4OC(CO)C(O)C(O)C4O)c3o2)cc1. The molecule has 5 atom stereocenters. The van der Waals surface area contributed by atoms with Crippen LogP contribution < -0.4 is 10.2 Å². The highest BCUT2D eigenvalue weighted by Gasteiger charge is 2.46. The summed E-state index contributed by atoms with van der Waals surface area (Å²) in [6, 6.07) is 8.63. The van der Waals surface area contributed by atoms with Gasteiger partial charge in [0.1, 0.15) is 58.9 Å². The number of rotatable bonds is 4. The van der Waals surface area contributed by atoms with E-state index in [1.807, 2.05) is 0 Å². The van der Waals surface area contributed by atoms with Crippen LogP contribution in [-0.2, 0) is 4.74 Å². The van der Waals surface area contributed by atoms with Crippen LogP contribution in [0.1, 0.15) is 11.7 Å². The Labute approximate surface area is 181 Å². The maximum absolute atomic E-state index is 12.8. The summed E-state index contributed by atoms with van der Waals surface area (Å²) >= 11 is 0. The fourth-order valence-electron chi connectivity index (χ4n) is 3.83. The van der Waals surface area contributed by atoms with Crippen molar-refractivity contribution in [2.24, 2.45) is 0 Å². The minimum absolute atomic E-state index is 0.0981. The van der Waals surface area contributed by atoms with Crippen molar-refractivity contribution in [1.82, 2.24) is 0 Å². The van der Waals surface area contributed by atoms with Crippen molar-refractivity contribution < 1.29 is 44.5 Å². The molecule has 0 radical (unpaired) electrons. The third-order valence-electron chi connectivity index (χ3n) is 5.55. The van der Waals surface area contributed by atoms with Crippen LogP contribution in [0.15, 0.2) is 45.6 Å². The predicted octanol–water partition coefficient (Wildman–Crippen LogP) is 0.395. The summed E-state index contributed by atoms with van der Waals surface area (Å²) in [5.41, 5.74) is -0.625. The van der Waals surface area contributed by atoms with Crippen molar-refractivity contribution >= 4 is 11.0 Å². The standard InChI is InChI=1S/C22H22O10/c1-30-10-4-2-9(3-5-10)14-7-13(26)16-11(24)6-12(25)17(21(16)31-14)22-20(29)19(28)18(27)15(8-23)32-22/h2-7,15,18-20,22-25,27-29H,8H2,1H3. The summed E-state index contributed by atoms with van der Waals surface area (Å²) in [5.74, 6) is -0.453. The normalized spacial score (nSPS) is 25.7. The summed E-state index contributed by atoms with van der Waals surface area (Å²) in [5, 5.41) is 60.8. The van der Waals surface area contributed by atoms with Crippen LogP contribution in [0.5, 0.6) is 17.2 Å². The molecule has 32 heavy (non-hydrogen) atoms. The number of fused-ring (bicyclic) bond motifs is 1. The van der Waals surface area contributed by atoms with E-state index in [0.29, 0.717) is 11.3 Å². The highest BCUT2D eigenvalue weighted by Crippen LogP contribution is 2.43. The van der Waals surface area contributed by atoms with Gasteiger partial charge in [-0.25, -0.2) is 0 Å². The quantitative estimate of drug-likeness (QED) is 0.330. The first-order valence-electron chi connectivity index (χ1n) is 9.74. The second-order valence-corrected chi connectivity index (χ2v) is 7.49. The molecule has 3 aromatic rings. The Bertz CT molecular complexity index is 1180. The lowest BCUT2D eigenvalue weighted by molar-refractivity contribution is -0.231. The van der Waals surface area contributed by atoms with Crippen LogP contribution >= 0.6 is 0 Å². The zero-order valence-corrected chi connectivity index (χ0v) is 16.9. The molecule has 10 nitrogen and oxygen atoms in total. The van der Waals surface area contributed by atoms with Gasteiger partial charge in [0.25, 0.3) is 0 Å². The molecule has 6 N–H and O–H groups in total. The summed E-state index contributed by atoms with van der Waals surface area (Å²) in [6.07, 6.45) is -7.80. The van der Waals surface area contributed by atoms with Gasteiger partial charge in [-0.2, -0.15) is 0 Å². The largest absolute Gasteiger partial charge is 0.507 e. The Balaban J connectivity index is 1.94. The molecule has 0 saturated carbocycles. The monoisotopic (exact) mass is 446 g/mol. The molecule has 1 fully saturated rings. The number of aliphatic hydroxyl groups excluding tert-OH is 4. The maximum Gasteiger partial charge on any atom is 0.197 e. The number of aromatic hydroxyl groups is 2. The molecule has 0 spiro atoms. The van der Waals surface area contributed by atoms with E-state index in [4.69, 9.17) is 13.9 Å². The zero-order chi connectivity index (χ0) is 23.2. The minimum atomic E-state index is -1.73. The van der Waals surface area contributed by atoms with E-state index in [1.165, 1.54) is 7.11 Å². The molecule has 1 saturated heterocycles. The number of aliphatic hydroxyl groups is 4. The van der Waals surface area contributed by atoms with E-state index in [0.717, 1.165) is 12.1 Å². The molecular weight excluding hydrogens is 424 g/mol. The molecule has 5 unspecified atom stereocenters. The lowest BCUT2D eigenvalue weighted by Crippen LogP contribution is -2.55. The Morgan fingerprint density at radius 2 is 1.66 bits per heavy atom. The first-order valence-corrected chi connectivity index (χ1v) is 9.74. The molecule has 0 amide bonds. The third-order valence-corrected chi connectivity index (χ3v) is 5.55. The number of methoxy groups -OCH3 is 1. The van der Waals surface area contributed by atoms with Crippen LogP contribution in [0.4, 0.5) is 0 Å². The molecule has 0 bridgehead atoms. The predicted molar refractivity (Wildman–Crippen MR) is 111 cm³/mol. The molecule has 1 aromatic heterocycles. The van der Waals surface area contributed by atoms with Crippen LogP contribution in [-0.4, -0.2) is 68.8 Å². The summed E-state index contributed by atoms with van der Waals surface area (Å²) in [6.45, 7) is -0.681. The van der Waals surface area contributed by atoms with Gasteiger partial charge in [-0.1, -0.05) is 0 Å². The van der Waals surface area contributed by atoms with Crippen LogP contribution in [0, 0.1) is 0 Å². The topological polar surface area (TPSA) is 170 Å². The number of benzene rings is 2. The Kier molecular flexibility index (Phi) is 5.80. The van der Waals surface area contributed by atoms with E-state index in [9.17, 15) is 35.4 Å². The summed E-state index contributed by atoms with van der Waals surface area (Å²) in [4.78, 5) is 12.8. The lowest BCUT2D eigenvalue weighted by Gasteiger charge is -2.40. The van der Waals surface area contributed by atoms with Crippen molar-refractivity contribution in [2.45, 2.75) is 30.5 Å². The minimum Gasteiger partial charge on any atom is -0.507 e. The van der Waals surface area contributed by atoms with E-state index >= 15 is 0 Å². The summed E-state index contributed by atoms with van der Waals surface area (Å²) in [7, 11) is 1.50. The van der Waals surface area contributed by atoms with Gasteiger partial charge in [0.05, 0.1) is 19.3 Å². The zero-order valence-electron chi connectivity index (χ0n) is 16.9. The molecule has 4 rings (SSSR count). The molecule has 2 heterocycles. The smallest absolute Gasteiger partial charge is 0.197 e. The molecule has 10 heteroatoms. The number of phenols is 2. The van der Waals surface area contributed by atoms with Crippen molar-refractivity contribution in [3.8, 4) is 28.6 Å². The van der Waals surface area contributed by atoms with Gasteiger partial charge in [0.15, 0.2) is 11.0 Å². The maximum atomic E-state index is 12.8. The Morgan fingerprint density at radius 3 is 2.28 bits per heavy atom. The van der Waals surface area contributed by atoms with E-state index < -0.39 is 54.1 Å². The molecule has 170 valence electrons. The molecule has 1 aliphatic heterocycles. The van der Waals surface area contributed by atoms with Crippen LogP contribution in [0.2, 0.25) is 0 Å². The molecular formula is C22H22O10. The highest BCUT2D eigenvalue weighted by atomic mass is 16.5. The number of hydrogen-bond donors (Lipinski definition) is 6. The van der Waals surface area contributed by atoms with Gasteiger partial charge in [0, 0.05) is 17.7 Å². The van der Waals surface area contributed by atoms with Crippen molar-refractivity contribution in [3.63, 3.8) is 0 Å². The fraction of sp³-hybridized carbons (Fsp3) is 0.318. The highest BCUT2D eigenvalue weighted by molar-refractivity contribution is 5.89. The Morgan fingerprint density at radius 1 is 0.969 bits per heavy atom. The van der Waals surface area contributed by atoms with E-state index in [2.05, 4.69) is 0 Å². The van der Waals surface area contributed by atoms with Crippen molar-refractivity contribution in [3.05, 3.63) is 52.2 Å². The van der Waals surface area contributed by atoms with Gasteiger partial charge in [0.2, 0.25) is 0 Å². The number of hydrogen-bond acceptors (Lipinski definition) is 10. The lowest BCUT2D eigenvalue weighted by atomic mass is 9.89. The number of phenolic OH excluding ortho intramolecular Hbond substituents is 2. The second kappa shape index (κ2) is 8.41. The van der Waals surface area contributed by atoms with Crippen LogP contribution in [0.25, 0.3) is 22.3 Å². The van der Waals surface area contributed by atoms with Crippen LogP contribution in [0.3, 0.4) is 0 Å². The van der Waals surface area contributed by atoms with E-state index in [1.54, 1.807) is 24.3 Å². The first kappa shape index (κ1) is 22.1.